The van der Waals surface area contributed by atoms with E-state index in [1.165, 1.54) is 0 Å². The molecule has 2 bridgehead atoms. The number of imide groups is 1. The highest BCUT2D eigenvalue weighted by atomic mass is 16.2. The van der Waals surface area contributed by atoms with Crippen LogP contribution in [-0.4, -0.2) is 22.9 Å². The van der Waals surface area contributed by atoms with Gasteiger partial charge in [0.15, 0.2) is 0 Å². The minimum atomic E-state index is -0.633. The molecular weight excluding hydrogens is 144 g/mol. The lowest BCUT2D eigenvalue weighted by molar-refractivity contribution is -0.128. The second kappa shape index (κ2) is 1.84. The summed E-state index contributed by atoms with van der Waals surface area (Å²) in [4.78, 5) is 23.0. The third kappa shape index (κ3) is 0.691. The van der Waals surface area contributed by atoms with Gasteiger partial charge in [-0.05, 0) is 6.42 Å². The maximum Gasteiger partial charge on any atom is 0.322 e. The first-order valence-corrected chi connectivity index (χ1v) is 3.51. The predicted octanol–water partition coefficient (Wildman–Crippen LogP) is -0.148. The largest absolute Gasteiger partial charge is 0.351 e. The zero-order valence-corrected chi connectivity index (χ0v) is 5.86. The molecule has 0 aromatic rings. The van der Waals surface area contributed by atoms with Crippen molar-refractivity contribution < 1.29 is 9.59 Å². The molecule has 0 aromatic carbocycles. The van der Waals surface area contributed by atoms with E-state index in [1.54, 1.807) is 0 Å². The van der Waals surface area contributed by atoms with E-state index in [-0.39, 0.29) is 17.9 Å². The molecule has 1 heterocycles. The molecule has 1 aliphatic carbocycles. The van der Waals surface area contributed by atoms with Crippen LogP contribution >= 0.6 is 0 Å². The van der Waals surface area contributed by atoms with Crippen molar-refractivity contribution in [2.24, 2.45) is 11.7 Å². The second-order valence-corrected chi connectivity index (χ2v) is 2.84. The molecule has 2 rings (SSSR count). The number of nitrogens with two attached hydrogens (primary N) is 1. The zero-order valence-electron chi connectivity index (χ0n) is 5.86. The molecule has 0 aromatic heterocycles. The monoisotopic (exact) mass is 152 g/mol. The Morgan fingerprint density at radius 2 is 2.36 bits per heavy atom. The first-order valence-electron chi connectivity index (χ1n) is 3.51. The van der Waals surface area contributed by atoms with Crippen LogP contribution in [0.4, 0.5) is 4.79 Å². The Labute approximate surface area is 63.7 Å². The fraction of sp³-hybridized carbons (Fsp3) is 0.429. The molecule has 2 N–H and O–H groups in total. The van der Waals surface area contributed by atoms with Crippen LogP contribution in [0.25, 0.3) is 0 Å². The molecule has 1 saturated heterocycles. The number of rotatable bonds is 0. The number of likely N-dealkylation sites (tertiary alicyclic amines) is 1. The number of fused-ring (bicyclic) bond motifs is 2. The second-order valence-electron chi connectivity index (χ2n) is 2.84. The third-order valence-electron chi connectivity index (χ3n) is 2.18. The van der Waals surface area contributed by atoms with Crippen LogP contribution in [0, 0.1) is 5.92 Å². The molecule has 4 heteroatoms. The van der Waals surface area contributed by atoms with Gasteiger partial charge < -0.3 is 5.73 Å². The standard InChI is InChI=1S/C7H8N2O2/c8-7(11)9-5-2-1-4(3-5)6(9)10/h1-2,4-5H,3H2,(H2,8,11). The topological polar surface area (TPSA) is 63.4 Å². The van der Waals surface area contributed by atoms with Crippen LogP contribution in [0.2, 0.25) is 0 Å². The van der Waals surface area contributed by atoms with Crippen molar-refractivity contribution in [2.45, 2.75) is 12.5 Å². The Morgan fingerprint density at radius 3 is 2.73 bits per heavy atom. The summed E-state index contributed by atoms with van der Waals surface area (Å²) >= 11 is 0. The molecule has 1 fully saturated rings. The van der Waals surface area contributed by atoms with Crippen molar-refractivity contribution in [1.82, 2.24) is 4.90 Å². The number of carbonyl (C=O) groups excluding carboxylic acids is 2. The summed E-state index contributed by atoms with van der Waals surface area (Å²) in [5.74, 6) is -0.238. The van der Waals surface area contributed by atoms with Crippen LogP contribution in [0.1, 0.15) is 6.42 Å². The van der Waals surface area contributed by atoms with Crippen molar-refractivity contribution in [2.75, 3.05) is 0 Å². The molecule has 2 atom stereocenters. The average Bonchev–Trinajstić information content (AvgIpc) is 2.44. The SMILES string of the molecule is NC(=O)N1C(=O)C2C=CC1C2. The first kappa shape index (κ1) is 6.39. The van der Waals surface area contributed by atoms with E-state index in [2.05, 4.69) is 0 Å². The number of nitrogens with zero attached hydrogens (tertiary/aromatic N) is 1. The van der Waals surface area contributed by atoms with Gasteiger partial charge in [-0.15, -0.1) is 0 Å². The molecule has 11 heavy (non-hydrogen) atoms. The van der Waals surface area contributed by atoms with Gasteiger partial charge in [-0.2, -0.15) is 0 Å². The minimum Gasteiger partial charge on any atom is -0.351 e. The van der Waals surface area contributed by atoms with Crippen LogP contribution < -0.4 is 5.73 Å². The van der Waals surface area contributed by atoms with E-state index in [1.807, 2.05) is 12.2 Å². The number of urea groups is 1. The van der Waals surface area contributed by atoms with E-state index in [4.69, 9.17) is 5.73 Å². The highest BCUT2D eigenvalue weighted by Gasteiger charge is 2.43. The zero-order chi connectivity index (χ0) is 8.01. The smallest absolute Gasteiger partial charge is 0.322 e. The summed E-state index contributed by atoms with van der Waals surface area (Å²) in [6, 6.07) is -0.697. The number of hydrogen-bond acceptors (Lipinski definition) is 2. The maximum atomic E-state index is 11.2. The summed E-state index contributed by atoms with van der Waals surface area (Å²) in [6.07, 6.45) is 4.42. The van der Waals surface area contributed by atoms with Gasteiger partial charge in [0.1, 0.15) is 0 Å². The van der Waals surface area contributed by atoms with Crippen molar-refractivity contribution >= 4 is 11.9 Å². The Balaban J connectivity index is 2.32. The summed E-state index contributed by atoms with van der Waals surface area (Å²) in [5, 5.41) is 0. The van der Waals surface area contributed by atoms with Crippen molar-refractivity contribution in [3.05, 3.63) is 12.2 Å². The Bertz CT molecular complexity index is 259. The Hall–Kier alpha value is -1.32. The highest BCUT2D eigenvalue weighted by Crippen LogP contribution is 2.32. The molecule has 0 saturated carbocycles. The summed E-state index contributed by atoms with van der Waals surface area (Å²) in [7, 11) is 0. The molecule has 4 nitrogen and oxygen atoms in total. The van der Waals surface area contributed by atoms with Gasteiger partial charge in [-0.3, -0.25) is 9.69 Å². The Morgan fingerprint density at radius 1 is 1.64 bits per heavy atom. The van der Waals surface area contributed by atoms with Crippen LogP contribution in [0.15, 0.2) is 12.2 Å². The van der Waals surface area contributed by atoms with Crippen molar-refractivity contribution in [3.8, 4) is 0 Å². The van der Waals surface area contributed by atoms with E-state index in [0.29, 0.717) is 0 Å². The van der Waals surface area contributed by atoms with Gasteiger partial charge in [-0.1, -0.05) is 12.2 Å². The normalized spacial score (nSPS) is 33.5. The number of amides is 3. The number of primary amides is 1. The lowest BCUT2D eigenvalue weighted by Gasteiger charge is -2.18. The quantitative estimate of drug-likeness (QED) is 0.491. The molecule has 3 amide bonds. The fourth-order valence-electron chi connectivity index (χ4n) is 1.67. The number of carbonyl (C=O) groups is 2. The first-order chi connectivity index (χ1) is 5.20. The number of hydrogen-bond donors (Lipinski definition) is 1. The summed E-state index contributed by atoms with van der Waals surface area (Å²) in [6.45, 7) is 0. The van der Waals surface area contributed by atoms with Gasteiger partial charge in [0.2, 0.25) is 5.91 Å². The molecule has 2 unspecified atom stereocenters. The molecule has 1 aliphatic heterocycles. The predicted molar refractivity (Wildman–Crippen MR) is 37.5 cm³/mol. The van der Waals surface area contributed by atoms with E-state index in [0.717, 1.165) is 11.3 Å². The lowest BCUT2D eigenvalue weighted by atomic mass is 10.1. The minimum absolute atomic E-state index is 0.0648. The van der Waals surface area contributed by atoms with Gasteiger partial charge in [0, 0.05) is 0 Å². The molecule has 0 radical (unpaired) electrons. The van der Waals surface area contributed by atoms with E-state index in [9.17, 15) is 9.59 Å². The van der Waals surface area contributed by atoms with Gasteiger partial charge in [-0.25, -0.2) is 4.79 Å². The summed E-state index contributed by atoms with van der Waals surface area (Å²) in [5.41, 5.74) is 5.01. The summed E-state index contributed by atoms with van der Waals surface area (Å²) < 4.78 is 0. The van der Waals surface area contributed by atoms with Gasteiger partial charge in [0.25, 0.3) is 0 Å². The average molecular weight is 152 g/mol. The van der Waals surface area contributed by atoms with Crippen molar-refractivity contribution in [3.63, 3.8) is 0 Å². The molecule has 58 valence electrons. The van der Waals surface area contributed by atoms with Crippen LogP contribution in [0.5, 0.6) is 0 Å². The lowest BCUT2D eigenvalue weighted by Crippen LogP contribution is -2.43. The third-order valence-corrected chi connectivity index (χ3v) is 2.18. The van der Waals surface area contributed by atoms with E-state index < -0.39 is 6.03 Å². The maximum absolute atomic E-state index is 11.2. The van der Waals surface area contributed by atoms with Crippen LogP contribution in [0.3, 0.4) is 0 Å². The highest BCUT2D eigenvalue weighted by molar-refractivity contribution is 5.99. The van der Waals surface area contributed by atoms with Crippen molar-refractivity contribution in [1.29, 1.82) is 0 Å². The van der Waals surface area contributed by atoms with Crippen LogP contribution in [-0.2, 0) is 4.79 Å². The molecule has 0 spiro atoms. The molecule has 2 aliphatic rings. The van der Waals surface area contributed by atoms with E-state index >= 15 is 0 Å². The molecular formula is C7H8N2O2. The van der Waals surface area contributed by atoms with Gasteiger partial charge in [0.05, 0.1) is 12.0 Å². The van der Waals surface area contributed by atoms with Gasteiger partial charge >= 0.3 is 6.03 Å². The Kier molecular flexibility index (Phi) is 1.07. The fourth-order valence-corrected chi connectivity index (χ4v) is 1.67.